The van der Waals surface area contributed by atoms with Gasteiger partial charge in [-0.15, -0.1) is 0 Å². The zero-order valence-electron chi connectivity index (χ0n) is 10.7. The average Bonchev–Trinajstić information content (AvgIpc) is 2.97. The van der Waals surface area contributed by atoms with Gasteiger partial charge in [-0.2, -0.15) is 5.26 Å². The number of hydrogen-bond donors (Lipinski definition) is 1. The fraction of sp³-hybridized carbons (Fsp3) is 0.385. The molecule has 0 spiro atoms. The lowest BCUT2D eigenvalue weighted by Gasteiger charge is -2.05. The first-order valence-electron chi connectivity index (χ1n) is 5.94. The van der Waals surface area contributed by atoms with Gasteiger partial charge in [0.2, 0.25) is 0 Å². The van der Waals surface area contributed by atoms with E-state index in [9.17, 15) is 0 Å². The van der Waals surface area contributed by atoms with Gasteiger partial charge in [-0.05, 0) is 18.6 Å². The molecule has 0 aliphatic heterocycles. The minimum Gasteiger partial charge on any atom is -0.340 e. The van der Waals surface area contributed by atoms with Gasteiger partial charge >= 0.3 is 0 Å². The summed E-state index contributed by atoms with van der Waals surface area (Å²) in [5.74, 6) is 0. The molecule has 0 aromatic carbocycles. The maximum atomic E-state index is 8.95. The molecular weight excluding hydrogens is 226 g/mol. The van der Waals surface area contributed by atoms with Crippen LogP contribution in [0.4, 0.5) is 0 Å². The van der Waals surface area contributed by atoms with Crippen LogP contribution in [-0.4, -0.2) is 20.7 Å². The van der Waals surface area contributed by atoms with Gasteiger partial charge in [0.15, 0.2) is 0 Å². The fourth-order valence-electron chi connectivity index (χ4n) is 1.90. The second-order valence-electron chi connectivity index (χ2n) is 4.29. The SMILES string of the molecule is Cc1c(CNCCn2ccnc2)cc(C#N)n1C. The van der Waals surface area contributed by atoms with E-state index in [4.69, 9.17) is 5.26 Å². The quantitative estimate of drug-likeness (QED) is 0.802. The molecule has 0 bridgehead atoms. The third-order valence-electron chi connectivity index (χ3n) is 3.18. The first kappa shape index (κ1) is 12.4. The average molecular weight is 243 g/mol. The Morgan fingerprint density at radius 2 is 2.33 bits per heavy atom. The Hall–Kier alpha value is -2.06. The topological polar surface area (TPSA) is 58.6 Å². The summed E-state index contributed by atoms with van der Waals surface area (Å²) in [5.41, 5.74) is 3.03. The van der Waals surface area contributed by atoms with Crippen molar-refractivity contribution in [1.29, 1.82) is 5.26 Å². The Balaban J connectivity index is 1.85. The van der Waals surface area contributed by atoms with Crippen LogP contribution in [-0.2, 0) is 20.1 Å². The van der Waals surface area contributed by atoms with E-state index >= 15 is 0 Å². The number of aromatic nitrogens is 3. The number of imidazole rings is 1. The van der Waals surface area contributed by atoms with Crippen LogP contribution in [0.1, 0.15) is 17.0 Å². The summed E-state index contributed by atoms with van der Waals surface area (Å²) in [7, 11) is 1.92. The highest BCUT2D eigenvalue weighted by Gasteiger charge is 2.07. The molecule has 94 valence electrons. The minimum atomic E-state index is 0.707. The van der Waals surface area contributed by atoms with E-state index in [1.807, 2.05) is 41.7 Å². The molecule has 2 rings (SSSR count). The summed E-state index contributed by atoms with van der Waals surface area (Å²) in [6, 6.07) is 4.14. The van der Waals surface area contributed by atoms with Crippen LogP contribution in [0.5, 0.6) is 0 Å². The molecule has 5 heteroatoms. The van der Waals surface area contributed by atoms with Crippen LogP contribution in [0.2, 0.25) is 0 Å². The molecule has 0 unspecified atom stereocenters. The maximum absolute atomic E-state index is 8.95. The molecule has 2 aromatic rings. The van der Waals surface area contributed by atoms with E-state index in [1.165, 1.54) is 5.56 Å². The van der Waals surface area contributed by atoms with Crippen molar-refractivity contribution < 1.29 is 0 Å². The van der Waals surface area contributed by atoms with E-state index in [2.05, 4.69) is 16.4 Å². The van der Waals surface area contributed by atoms with Crippen molar-refractivity contribution in [1.82, 2.24) is 19.4 Å². The zero-order valence-corrected chi connectivity index (χ0v) is 10.7. The van der Waals surface area contributed by atoms with Gasteiger partial charge in [0, 0.05) is 44.8 Å². The van der Waals surface area contributed by atoms with E-state index in [0.717, 1.165) is 25.3 Å². The summed E-state index contributed by atoms with van der Waals surface area (Å²) < 4.78 is 3.96. The van der Waals surface area contributed by atoms with Crippen LogP contribution in [0.15, 0.2) is 24.8 Å². The second kappa shape index (κ2) is 5.52. The van der Waals surface area contributed by atoms with Crippen molar-refractivity contribution in [3.8, 4) is 6.07 Å². The third-order valence-corrected chi connectivity index (χ3v) is 3.18. The minimum absolute atomic E-state index is 0.707. The van der Waals surface area contributed by atoms with Gasteiger partial charge in [0.05, 0.1) is 6.33 Å². The lowest BCUT2D eigenvalue weighted by atomic mass is 10.2. The Bertz CT molecular complexity index is 545. The van der Waals surface area contributed by atoms with Crippen LogP contribution < -0.4 is 5.32 Å². The molecule has 0 atom stereocenters. The predicted molar refractivity (Wildman–Crippen MR) is 68.8 cm³/mol. The van der Waals surface area contributed by atoms with Crippen molar-refractivity contribution in [2.24, 2.45) is 7.05 Å². The molecule has 0 saturated heterocycles. The van der Waals surface area contributed by atoms with Gasteiger partial charge < -0.3 is 14.5 Å². The summed E-state index contributed by atoms with van der Waals surface area (Å²) in [6.45, 7) is 4.60. The molecule has 0 fully saturated rings. The van der Waals surface area contributed by atoms with Crippen molar-refractivity contribution in [3.05, 3.63) is 41.7 Å². The Labute approximate surface area is 107 Å². The number of nitrogens with one attached hydrogen (secondary N) is 1. The molecule has 0 amide bonds. The molecule has 0 aliphatic rings. The van der Waals surface area contributed by atoms with E-state index < -0.39 is 0 Å². The first-order valence-corrected chi connectivity index (χ1v) is 5.94. The molecule has 2 aromatic heterocycles. The highest BCUT2D eigenvalue weighted by Crippen LogP contribution is 2.12. The van der Waals surface area contributed by atoms with Gasteiger partial charge in [0.1, 0.15) is 11.8 Å². The van der Waals surface area contributed by atoms with E-state index in [1.54, 1.807) is 6.20 Å². The smallest absolute Gasteiger partial charge is 0.120 e. The van der Waals surface area contributed by atoms with Crippen LogP contribution in [0, 0.1) is 18.3 Å². The normalized spacial score (nSPS) is 10.5. The molecular formula is C13H17N5. The lowest BCUT2D eigenvalue weighted by molar-refractivity contribution is 0.595. The number of nitriles is 1. The molecule has 0 saturated carbocycles. The number of nitrogens with zero attached hydrogens (tertiary/aromatic N) is 4. The van der Waals surface area contributed by atoms with Crippen LogP contribution in [0.3, 0.4) is 0 Å². The van der Waals surface area contributed by atoms with Gasteiger partial charge in [-0.3, -0.25) is 0 Å². The van der Waals surface area contributed by atoms with Crippen molar-refractivity contribution in [2.75, 3.05) is 6.54 Å². The van der Waals surface area contributed by atoms with Crippen LogP contribution in [0.25, 0.3) is 0 Å². The molecule has 1 N–H and O–H groups in total. The van der Waals surface area contributed by atoms with Gasteiger partial charge in [-0.25, -0.2) is 4.98 Å². The van der Waals surface area contributed by atoms with Gasteiger partial charge in [-0.1, -0.05) is 0 Å². The third kappa shape index (κ3) is 2.60. The zero-order chi connectivity index (χ0) is 13.0. The van der Waals surface area contributed by atoms with Crippen molar-refractivity contribution in [3.63, 3.8) is 0 Å². The number of rotatable bonds is 5. The Morgan fingerprint density at radius 1 is 1.50 bits per heavy atom. The highest BCUT2D eigenvalue weighted by atomic mass is 15.0. The Kier molecular flexibility index (Phi) is 3.80. The summed E-state index contributed by atoms with van der Waals surface area (Å²) in [6.07, 6.45) is 5.53. The van der Waals surface area contributed by atoms with E-state index in [0.29, 0.717) is 5.69 Å². The highest BCUT2D eigenvalue weighted by molar-refractivity contribution is 5.33. The monoisotopic (exact) mass is 243 g/mol. The molecule has 2 heterocycles. The molecule has 0 radical (unpaired) electrons. The summed E-state index contributed by atoms with van der Waals surface area (Å²) >= 11 is 0. The standard InChI is InChI=1S/C13H17N5/c1-11-12(7-13(8-14)17(11)2)9-15-3-5-18-6-4-16-10-18/h4,6-7,10,15H,3,5,9H2,1-2H3. The Morgan fingerprint density at radius 3 is 2.94 bits per heavy atom. The largest absolute Gasteiger partial charge is 0.340 e. The first-order chi connectivity index (χ1) is 8.72. The van der Waals surface area contributed by atoms with Gasteiger partial charge in [0.25, 0.3) is 0 Å². The summed E-state index contributed by atoms with van der Waals surface area (Å²) in [4.78, 5) is 4.00. The van der Waals surface area contributed by atoms with Crippen molar-refractivity contribution in [2.45, 2.75) is 20.0 Å². The van der Waals surface area contributed by atoms with Crippen LogP contribution >= 0.6 is 0 Å². The van der Waals surface area contributed by atoms with E-state index in [-0.39, 0.29) is 0 Å². The molecule has 0 aliphatic carbocycles. The maximum Gasteiger partial charge on any atom is 0.120 e. The molecule has 18 heavy (non-hydrogen) atoms. The number of hydrogen-bond acceptors (Lipinski definition) is 3. The summed E-state index contributed by atoms with van der Waals surface area (Å²) in [5, 5.41) is 12.3. The second-order valence-corrected chi connectivity index (χ2v) is 4.29. The fourth-order valence-corrected chi connectivity index (χ4v) is 1.90. The molecule has 5 nitrogen and oxygen atoms in total. The van der Waals surface area contributed by atoms with Crippen molar-refractivity contribution >= 4 is 0 Å². The lowest BCUT2D eigenvalue weighted by Crippen LogP contribution is -2.19. The predicted octanol–water partition coefficient (Wildman–Crippen LogP) is 1.19.